The van der Waals surface area contributed by atoms with E-state index in [0.717, 1.165) is 37.2 Å². The molecular formula is C25H30N3O3+. The van der Waals surface area contributed by atoms with Gasteiger partial charge >= 0.3 is 0 Å². The molecule has 2 aromatic carbocycles. The van der Waals surface area contributed by atoms with Crippen molar-refractivity contribution in [3.8, 4) is 11.5 Å². The van der Waals surface area contributed by atoms with Gasteiger partial charge in [0.1, 0.15) is 24.2 Å². The van der Waals surface area contributed by atoms with Gasteiger partial charge in [0.05, 0.1) is 32.2 Å². The Balaban J connectivity index is 1.51. The third kappa shape index (κ3) is 5.89. The number of rotatable bonds is 7. The Labute approximate surface area is 183 Å². The number of dihydropyridines is 1. The summed E-state index contributed by atoms with van der Waals surface area (Å²) in [5.41, 5.74) is 2.33. The molecule has 31 heavy (non-hydrogen) atoms. The molecule has 0 aliphatic carbocycles. The van der Waals surface area contributed by atoms with Crippen LogP contribution in [0, 0.1) is 0 Å². The highest BCUT2D eigenvalue weighted by Gasteiger charge is 2.22. The fraction of sp³-hybridized carbons (Fsp3) is 0.320. The van der Waals surface area contributed by atoms with Crippen LogP contribution >= 0.6 is 0 Å². The maximum atomic E-state index is 13.1. The third-order valence-electron chi connectivity index (χ3n) is 5.60. The van der Waals surface area contributed by atoms with Gasteiger partial charge in [-0.05, 0) is 42.1 Å². The number of nitrogens with one attached hydrogen (secondary N) is 3. The second kappa shape index (κ2) is 10.2. The largest absolute Gasteiger partial charge is 0.490 e. The first-order valence-electron chi connectivity index (χ1n) is 10.9. The molecule has 0 unspecified atom stereocenters. The van der Waals surface area contributed by atoms with E-state index in [1.165, 1.54) is 4.90 Å². The third-order valence-corrected chi connectivity index (χ3v) is 5.60. The van der Waals surface area contributed by atoms with Crippen molar-refractivity contribution in [1.29, 1.82) is 0 Å². The number of allylic oxidation sites excluding steroid dienone is 2. The Morgan fingerprint density at radius 1 is 1.16 bits per heavy atom. The fourth-order valence-corrected chi connectivity index (χ4v) is 3.77. The minimum Gasteiger partial charge on any atom is -0.490 e. The summed E-state index contributed by atoms with van der Waals surface area (Å²) in [5, 5.41) is 6.08. The Hall–Kier alpha value is -3.25. The van der Waals surface area contributed by atoms with Crippen LogP contribution in [0.25, 0.3) is 0 Å². The van der Waals surface area contributed by atoms with E-state index in [1.807, 2.05) is 60.8 Å². The number of carbonyl (C=O) groups excluding carboxylic acids is 1. The van der Waals surface area contributed by atoms with Crippen molar-refractivity contribution < 1.29 is 19.2 Å². The maximum absolute atomic E-state index is 13.1. The van der Waals surface area contributed by atoms with Gasteiger partial charge in [-0.2, -0.15) is 0 Å². The van der Waals surface area contributed by atoms with E-state index in [-0.39, 0.29) is 12.0 Å². The number of hydrogen-bond acceptors (Lipinski definition) is 4. The van der Waals surface area contributed by atoms with Crippen molar-refractivity contribution in [2.75, 3.05) is 26.7 Å². The number of quaternary nitrogens is 1. The van der Waals surface area contributed by atoms with E-state index in [0.29, 0.717) is 30.2 Å². The lowest BCUT2D eigenvalue weighted by Crippen LogP contribution is -3.10. The number of likely N-dealkylation sites (tertiary alicyclic amines) is 1. The van der Waals surface area contributed by atoms with E-state index >= 15 is 0 Å². The molecule has 4 rings (SSSR count). The topological polar surface area (TPSA) is 64.0 Å². The molecule has 0 aromatic heterocycles. The van der Waals surface area contributed by atoms with Crippen LogP contribution in [0.2, 0.25) is 0 Å². The number of benzene rings is 2. The number of ether oxygens (including phenoxy) is 2. The van der Waals surface area contributed by atoms with Gasteiger partial charge in [-0.3, -0.25) is 4.79 Å². The molecule has 0 spiro atoms. The lowest BCUT2D eigenvalue weighted by Gasteiger charge is -2.27. The van der Waals surface area contributed by atoms with Crippen LogP contribution in [0.4, 0.5) is 0 Å². The Morgan fingerprint density at radius 2 is 1.97 bits per heavy atom. The number of hydrogen-bond donors (Lipinski definition) is 3. The first-order chi connectivity index (χ1) is 15.2. The van der Waals surface area contributed by atoms with Crippen LogP contribution in [-0.4, -0.2) is 38.7 Å². The molecule has 6 nitrogen and oxygen atoms in total. The molecule has 162 valence electrons. The summed E-state index contributed by atoms with van der Waals surface area (Å²) >= 11 is 0. The number of piperidine rings is 1. The molecule has 1 fully saturated rings. The predicted molar refractivity (Wildman–Crippen MR) is 120 cm³/mol. The number of amides is 1. The molecule has 0 radical (unpaired) electrons. The van der Waals surface area contributed by atoms with Gasteiger partial charge in [0.15, 0.2) is 0 Å². The molecule has 0 saturated carbocycles. The molecule has 2 aliphatic heterocycles. The fourth-order valence-electron chi connectivity index (χ4n) is 3.77. The van der Waals surface area contributed by atoms with Crippen molar-refractivity contribution in [3.63, 3.8) is 0 Å². The van der Waals surface area contributed by atoms with Crippen molar-refractivity contribution in [1.82, 2.24) is 10.6 Å². The van der Waals surface area contributed by atoms with E-state index in [9.17, 15) is 4.79 Å². The highest BCUT2D eigenvalue weighted by Crippen LogP contribution is 2.27. The van der Waals surface area contributed by atoms with Crippen LogP contribution in [0.1, 0.15) is 28.8 Å². The molecule has 3 N–H and O–H groups in total. The molecule has 2 aromatic rings. The standard InChI is InChI=1S/C25H29N3O3/c1-28-14-11-21(12-15-28)31-22-9-10-24(30-18-19-6-3-2-4-7-19)23(16-22)25(29)27-20-8-5-13-26-17-20/h2-10,13,16,21,26H,11-12,14-15,17-18H2,1H3,(H,27,29)/p+1. The first-order valence-corrected chi connectivity index (χ1v) is 10.9. The number of carbonyl (C=O) groups is 1. The summed E-state index contributed by atoms with van der Waals surface area (Å²) in [4.78, 5) is 14.6. The van der Waals surface area contributed by atoms with Crippen molar-refractivity contribution in [2.24, 2.45) is 0 Å². The van der Waals surface area contributed by atoms with Gasteiger partial charge in [-0.25, -0.2) is 0 Å². The zero-order chi connectivity index (χ0) is 21.5. The van der Waals surface area contributed by atoms with E-state index < -0.39 is 0 Å². The minimum atomic E-state index is -0.204. The molecule has 1 amide bonds. The molecule has 2 heterocycles. The minimum absolute atomic E-state index is 0.186. The smallest absolute Gasteiger partial charge is 0.259 e. The average molecular weight is 421 g/mol. The molecule has 2 aliphatic rings. The Bertz CT molecular complexity index is 948. The zero-order valence-corrected chi connectivity index (χ0v) is 17.9. The highest BCUT2D eigenvalue weighted by atomic mass is 16.5. The van der Waals surface area contributed by atoms with Crippen molar-refractivity contribution >= 4 is 5.91 Å². The van der Waals surface area contributed by atoms with Gasteiger partial charge in [-0.15, -0.1) is 0 Å². The van der Waals surface area contributed by atoms with E-state index in [2.05, 4.69) is 17.7 Å². The first kappa shape index (κ1) is 21.0. The Morgan fingerprint density at radius 3 is 2.71 bits per heavy atom. The van der Waals surface area contributed by atoms with Gasteiger partial charge < -0.3 is 25.0 Å². The van der Waals surface area contributed by atoms with E-state index in [1.54, 1.807) is 6.07 Å². The SMILES string of the molecule is C[NH+]1CCC(Oc2ccc(OCc3ccccc3)c(C(=O)NC3=CC=CNC3)c2)CC1. The van der Waals surface area contributed by atoms with Gasteiger partial charge in [0.25, 0.3) is 5.91 Å². The molecule has 1 saturated heterocycles. The zero-order valence-electron chi connectivity index (χ0n) is 17.9. The van der Waals surface area contributed by atoms with Crippen LogP contribution in [0.5, 0.6) is 11.5 Å². The second-order valence-corrected chi connectivity index (χ2v) is 8.09. The van der Waals surface area contributed by atoms with Crippen LogP contribution in [0.15, 0.2) is 72.6 Å². The average Bonchev–Trinajstić information content (AvgIpc) is 2.81. The van der Waals surface area contributed by atoms with Crippen molar-refractivity contribution in [2.45, 2.75) is 25.6 Å². The van der Waals surface area contributed by atoms with Crippen LogP contribution in [-0.2, 0) is 6.61 Å². The monoisotopic (exact) mass is 420 g/mol. The predicted octanol–water partition coefficient (Wildman–Crippen LogP) is 2.05. The lowest BCUT2D eigenvalue weighted by molar-refractivity contribution is -0.885. The summed E-state index contributed by atoms with van der Waals surface area (Å²) in [6, 6.07) is 15.5. The van der Waals surface area contributed by atoms with Gasteiger partial charge in [0.2, 0.25) is 0 Å². The molecular weight excluding hydrogens is 390 g/mol. The van der Waals surface area contributed by atoms with Crippen LogP contribution < -0.4 is 25.0 Å². The van der Waals surface area contributed by atoms with E-state index in [4.69, 9.17) is 9.47 Å². The van der Waals surface area contributed by atoms with Gasteiger partial charge in [0, 0.05) is 18.5 Å². The summed E-state index contributed by atoms with van der Waals surface area (Å²) in [5.74, 6) is 1.04. The molecule has 0 atom stereocenters. The summed E-state index contributed by atoms with van der Waals surface area (Å²) in [6.45, 7) is 3.18. The maximum Gasteiger partial charge on any atom is 0.259 e. The van der Waals surface area contributed by atoms with Gasteiger partial charge in [-0.1, -0.05) is 30.3 Å². The normalized spacial score (nSPS) is 20.4. The molecule has 6 heteroatoms. The second-order valence-electron chi connectivity index (χ2n) is 8.09. The quantitative estimate of drug-likeness (QED) is 0.642. The van der Waals surface area contributed by atoms with Crippen molar-refractivity contribution in [3.05, 3.63) is 83.7 Å². The summed E-state index contributed by atoms with van der Waals surface area (Å²) < 4.78 is 12.2. The summed E-state index contributed by atoms with van der Waals surface area (Å²) in [7, 11) is 2.21. The van der Waals surface area contributed by atoms with Crippen LogP contribution in [0.3, 0.4) is 0 Å². The lowest BCUT2D eigenvalue weighted by atomic mass is 10.1. The molecule has 0 bridgehead atoms. The summed E-state index contributed by atoms with van der Waals surface area (Å²) in [6.07, 6.45) is 7.83. The highest BCUT2D eigenvalue weighted by molar-refractivity contribution is 5.98. The Kier molecular flexibility index (Phi) is 6.89.